The van der Waals surface area contributed by atoms with Crippen molar-refractivity contribution >= 4 is 17.3 Å². The lowest BCUT2D eigenvalue weighted by Crippen LogP contribution is -2.38. The Kier molecular flexibility index (Phi) is 4.76. The Morgan fingerprint density at radius 1 is 1.22 bits per heavy atom. The molecule has 1 amide bonds. The highest BCUT2D eigenvalue weighted by molar-refractivity contribution is 5.93. The van der Waals surface area contributed by atoms with Crippen molar-refractivity contribution in [3.63, 3.8) is 0 Å². The third-order valence-electron chi connectivity index (χ3n) is 5.34. The first-order valence-corrected chi connectivity index (χ1v) is 9.36. The minimum Gasteiger partial charge on any atom is -0.369 e. The van der Waals surface area contributed by atoms with Gasteiger partial charge < -0.3 is 10.2 Å². The molecule has 2 aliphatic rings. The maximum absolute atomic E-state index is 14.2. The molecule has 1 aliphatic carbocycles. The van der Waals surface area contributed by atoms with Crippen LogP contribution in [0.3, 0.4) is 0 Å². The second-order valence-electron chi connectivity index (χ2n) is 7.24. The van der Waals surface area contributed by atoms with Crippen molar-refractivity contribution in [2.24, 2.45) is 5.92 Å². The first-order valence-electron chi connectivity index (χ1n) is 9.36. The van der Waals surface area contributed by atoms with Gasteiger partial charge in [-0.15, -0.1) is 0 Å². The number of amides is 1. The molecule has 1 saturated carbocycles. The molecule has 2 heterocycles. The van der Waals surface area contributed by atoms with Gasteiger partial charge in [-0.05, 0) is 56.0 Å². The number of nitrogens with one attached hydrogen (secondary N) is 1. The van der Waals surface area contributed by atoms with Gasteiger partial charge in [0, 0.05) is 31.1 Å². The van der Waals surface area contributed by atoms with Crippen LogP contribution in [-0.2, 0) is 4.79 Å². The quantitative estimate of drug-likeness (QED) is 0.895. The van der Waals surface area contributed by atoms with Gasteiger partial charge in [0.15, 0.2) is 0 Å². The van der Waals surface area contributed by atoms with Crippen LogP contribution in [0.4, 0.5) is 15.8 Å². The van der Waals surface area contributed by atoms with Crippen LogP contribution in [0.25, 0.3) is 0 Å². The molecule has 6 heteroatoms. The summed E-state index contributed by atoms with van der Waals surface area (Å²) in [5.41, 5.74) is 2.62. The number of hydrogen-bond acceptors (Lipinski definition) is 4. The fourth-order valence-corrected chi connectivity index (χ4v) is 3.66. The lowest BCUT2D eigenvalue weighted by molar-refractivity contribution is -0.120. The third kappa shape index (κ3) is 3.77. The monoisotopic (exact) mass is 364 g/mol. The summed E-state index contributed by atoms with van der Waals surface area (Å²) in [5.74, 6) is 0.0175. The number of hydrogen-bond donors (Lipinski definition) is 1. The summed E-state index contributed by atoms with van der Waals surface area (Å²) >= 11 is 0. The molecule has 27 heavy (non-hydrogen) atoms. The molecule has 1 aromatic carbocycles. The van der Waals surface area contributed by atoms with Crippen molar-refractivity contribution in [3.05, 3.63) is 53.6 Å². The summed E-state index contributed by atoms with van der Waals surface area (Å²) < 4.78 is 14.2. The zero-order chi connectivity index (χ0) is 18.8. The van der Waals surface area contributed by atoms with Gasteiger partial charge in [-0.2, -0.15) is 5.26 Å². The molecule has 0 spiro atoms. The van der Waals surface area contributed by atoms with Gasteiger partial charge >= 0.3 is 0 Å². The molecule has 5 nitrogen and oxygen atoms in total. The molecule has 2 aromatic rings. The van der Waals surface area contributed by atoms with Gasteiger partial charge in [0.05, 0.1) is 28.7 Å². The van der Waals surface area contributed by atoms with Crippen LogP contribution in [0, 0.1) is 23.1 Å². The minimum atomic E-state index is -0.388. The molecule has 0 bridgehead atoms. The Balaban J connectivity index is 1.38. The average molecular weight is 364 g/mol. The maximum atomic E-state index is 14.2. The van der Waals surface area contributed by atoms with E-state index < -0.39 is 0 Å². The molecule has 0 unspecified atom stereocenters. The van der Waals surface area contributed by atoms with Gasteiger partial charge in [-0.1, -0.05) is 0 Å². The number of carbonyl (C=O) groups is 1. The zero-order valence-electron chi connectivity index (χ0n) is 15.0. The van der Waals surface area contributed by atoms with Crippen LogP contribution in [-0.4, -0.2) is 24.0 Å². The van der Waals surface area contributed by atoms with E-state index in [1.54, 1.807) is 18.3 Å². The van der Waals surface area contributed by atoms with E-state index in [-0.39, 0.29) is 17.6 Å². The second-order valence-corrected chi connectivity index (χ2v) is 7.24. The number of pyridine rings is 1. The summed E-state index contributed by atoms with van der Waals surface area (Å²) in [4.78, 5) is 19.1. The van der Waals surface area contributed by atoms with E-state index in [9.17, 15) is 9.18 Å². The molecular weight excluding hydrogens is 343 g/mol. The second kappa shape index (κ2) is 7.36. The van der Waals surface area contributed by atoms with E-state index >= 15 is 0 Å². The van der Waals surface area contributed by atoms with Crippen molar-refractivity contribution in [2.75, 3.05) is 23.3 Å². The molecule has 4 rings (SSSR count). The lowest BCUT2D eigenvalue weighted by Gasteiger charge is -2.33. The summed E-state index contributed by atoms with van der Waals surface area (Å²) in [6.07, 6.45) is 5.38. The largest absolute Gasteiger partial charge is 0.369 e. The summed E-state index contributed by atoms with van der Waals surface area (Å²) in [5, 5.41) is 11.9. The average Bonchev–Trinajstić information content (AvgIpc) is 3.53. The number of nitriles is 1. The number of piperidine rings is 1. The Bertz CT molecular complexity index is 895. The van der Waals surface area contributed by atoms with E-state index in [0.29, 0.717) is 43.1 Å². The van der Waals surface area contributed by atoms with Crippen molar-refractivity contribution in [2.45, 2.75) is 31.6 Å². The van der Waals surface area contributed by atoms with E-state index in [1.165, 1.54) is 6.07 Å². The molecule has 2 fully saturated rings. The van der Waals surface area contributed by atoms with Crippen LogP contribution >= 0.6 is 0 Å². The molecule has 1 aromatic heterocycles. The molecule has 0 atom stereocenters. The number of halogens is 1. The number of nitrogens with zero attached hydrogens (tertiary/aromatic N) is 3. The van der Waals surface area contributed by atoms with Crippen LogP contribution in [0.15, 0.2) is 36.5 Å². The normalized spacial score (nSPS) is 17.4. The predicted molar refractivity (Wildman–Crippen MR) is 101 cm³/mol. The fourth-order valence-electron chi connectivity index (χ4n) is 3.66. The highest BCUT2D eigenvalue weighted by atomic mass is 19.1. The van der Waals surface area contributed by atoms with E-state index in [0.717, 1.165) is 24.2 Å². The smallest absolute Gasteiger partial charge is 0.227 e. The SMILES string of the molecule is N#Cc1ccc(N2CCC(C(=O)Nc3cccnc3C3CC3)CC2)c(F)c1. The minimum absolute atomic E-state index is 0.0184. The fraction of sp³-hybridized carbons (Fsp3) is 0.381. The molecule has 1 N–H and O–H groups in total. The van der Waals surface area contributed by atoms with E-state index in [2.05, 4.69) is 10.3 Å². The van der Waals surface area contributed by atoms with Gasteiger partial charge in [-0.3, -0.25) is 9.78 Å². The highest BCUT2D eigenvalue weighted by Crippen LogP contribution is 2.42. The van der Waals surface area contributed by atoms with Crippen molar-refractivity contribution in [1.82, 2.24) is 4.98 Å². The van der Waals surface area contributed by atoms with Gasteiger partial charge in [0.25, 0.3) is 0 Å². The maximum Gasteiger partial charge on any atom is 0.227 e. The number of anilines is 2. The van der Waals surface area contributed by atoms with Crippen LogP contribution in [0.1, 0.15) is 42.9 Å². The van der Waals surface area contributed by atoms with E-state index in [1.807, 2.05) is 23.1 Å². The standard InChI is InChI=1S/C21H21FN4O/c22-17-12-14(13-23)3-6-19(17)26-10-7-16(8-11-26)21(27)25-18-2-1-9-24-20(18)15-4-5-15/h1-3,6,9,12,15-16H,4-5,7-8,10-11H2,(H,25,27). The first kappa shape index (κ1) is 17.5. The van der Waals surface area contributed by atoms with Crippen LogP contribution in [0.5, 0.6) is 0 Å². The Labute approximate surface area is 157 Å². The summed E-state index contributed by atoms with van der Waals surface area (Å²) in [6, 6.07) is 10.2. The summed E-state index contributed by atoms with van der Waals surface area (Å²) in [7, 11) is 0. The third-order valence-corrected chi connectivity index (χ3v) is 5.34. The molecule has 0 radical (unpaired) electrons. The first-order chi connectivity index (χ1) is 13.2. The van der Waals surface area contributed by atoms with Gasteiger partial charge in [0.2, 0.25) is 5.91 Å². The zero-order valence-corrected chi connectivity index (χ0v) is 15.0. The van der Waals surface area contributed by atoms with Crippen LogP contribution < -0.4 is 10.2 Å². The van der Waals surface area contributed by atoms with Gasteiger partial charge in [-0.25, -0.2) is 4.39 Å². The van der Waals surface area contributed by atoms with Crippen molar-refractivity contribution in [1.29, 1.82) is 5.26 Å². The van der Waals surface area contributed by atoms with E-state index in [4.69, 9.17) is 5.26 Å². The van der Waals surface area contributed by atoms with Crippen molar-refractivity contribution < 1.29 is 9.18 Å². The molecule has 1 aliphatic heterocycles. The number of rotatable bonds is 4. The predicted octanol–water partition coefficient (Wildman–Crippen LogP) is 3.82. The lowest BCUT2D eigenvalue weighted by atomic mass is 9.95. The van der Waals surface area contributed by atoms with Crippen molar-refractivity contribution in [3.8, 4) is 6.07 Å². The topological polar surface area (TPSA) is 69.0 Å². The number of carbonyl (C=O) groups excluding carboxylic acids is 1. The summed E-state index contributed by atoms with van der Waals surface area (Å²) in [6.45, 7) is 1.23. The Morgan fingerprint density at radius 2 is 2.00 bits per heavy atom. The molecular formula is C21H21FN4O. The highest BCUT2D eigenvalue weighted by Gasteiger charge is 2.30. The van der Waals surface area contributed by atoms with Gasteiger partial charge in [0.1, 0.15) is 5.82 Å². The molecule has 1 saturated heterocycles. The Hall–Kier alpha value is -2.94. The molecule has 138 valence electrons. The van der Waals surface area contributed by atoms with Crippen LogP contribution in [0.2, 0.25) is 0 Å². The Morgan fingerprint density at radius 3 is 2.67 bits per heavy atom. The number of benzene rings is 1. The number of aromatic nitrogens is 1.